The third-order valence-corrected chi connectivity index (χ3v) is 5.44. The quantitative estimate of drug-likeness (QED) is 0.723. The summed E-state index contributed by atoms with van der Waals surface area (Å²) in [5, 5.41) is 8.09. The number of nitrogens with two attached hydrogens (primary N) is 1. The highest BCUT2D eigenvalue weighted by molar-refractivity contribution is 7.99. The van der Waals surface area contributed by atoms with Gasteiger partial charge < -0.3 is 10.6 Å². The fraction of sp³-hybridized carbons (Fsp3) is 0.688. The van der Waals surface area contributed by atoms with Crippen LogP contribution >= 0.6 is 11.8 Å². The molecule has 8 nitrogen and oxygen atoms in total. The molecule has 1 aliphatic carbocycles. The lowest BCUT2D eigenvalue weighted by Gasteiger charge is -2.13. The monoisotopic (exact) mass is 362 g/mol. The van der Waals surface area contributed by atoms with E-state index < -0.39 is 0 Å². The minimum atomic E-state index is -0.0116. The largest absolute Gasteiger partial charge is 0.368 e. The van der Waals surface area contributed by atoms with Crippen molar-refractivity contribution in [2.24, 2.45) is 5.92 Å². The molecule has 0 unspecified atom stereocenters. The number of H-pyrrole nitrogens is 1. The minimum Gasteiger partial charge on any atom is -0.368 e. The third-order valence-electron chi connectivity index (χ3n) is 4.48. The van der Waals surface area contributed by atoms with E-state index in [2.05, 4.69) is 30.1 Å². The van der Waals surface area contributed by atoms with Crippen molar-refractivity contribution in [2.75, 3.05) is 24.7 Å². The standard InChI is InChI=1S/C16H26N8S/c1-10(13-19-14(17)21-15(20-13)24(2)3)25-16-18-12(22-23-16)9-8-11-6-4-5-7-11/h10-11H,4-9H2,1-3H3,(H,18,22,23)(H2,17,19,20,21)/t10-/m1/s1. The van der Waals surface area contributed by atoms with Crippen molar-refractivity contribution < 1.29 is 0 Å². The van der Waals surface area contributed by atoms with Crippen LogP contribution in [0.4, 0.5) is 11.9 Å². The van der Waals surface area contributed by atoms with E-state index in [-0.39, 0.29) is 11.2 Å². The van der Waals surface area contributed by atoms with E-state index in [1.807, 2.05) is 25.9 Å². The number of nitrogens with one attached hydrogen (secondary N) is 1. The van der Waals surface area contributed by atoms with Gasteiger partial charge in [-0.3, -0.25) is 5.10 Å². The lowest BCUT2D eigenvalue weighted by Crippen LogP contribution is -2.16. The van der Waals surface area contributed by atoms with E-state index in [1.54, 1.807) is 0 Å². The van der Waals surface area contributed by atoms with Gasteiger partial charge in [-0.25, -0.2) is 4.98 Å². The van der Waals surface area contributed by atoms with Crippen LogP contribution in [-0.4, -0.2) is 44.2 Å². The van der Waals surface area contributed by atoms with Crippen LogP contribution in [0.15, 0.2) is 5.16 Å². The molecule has 1 fully saturated rings. The lowest BCUT2D eigenvalue weighted by molar-refractivity contribution is 0.497. The molecule has 0 radical (unpaired) electrons. The normalized spacial score (nSPS) is 16.3. The minimum absolute atomic E-state index is 0.0116. The van der Waals surface area contributed by atoms with Gasteiger partial charge in [0.2, 0.25) is 17.1 Å². The Morgan fingerprint density at radius 1 is 1.20 bits per heavy atom. The van der Waals surface area contributed by atoms with Crippen LogP contribution in [0.3, 0.4) is 0 Å². The van der Waals surface area contributed by atoms with Gasteiger partial charge in [0.25, 0.3) is 0 Å². The Labute approximate surface area is 152 Å². The number of anilines is 2. The van der Waals surface area contributed by atoms with Crippen molar-refractivity contribution in [3.8, 4) is 0 Å². The molecule has 25 heavy (non-hydrogen) atoms. The first-order chi connectivity index (χ1) is 12.0. The van der Waals surface area contributed by atoms with Crippen LogP contribution in [-0.2, 0) is 6.42 Å². The molecule has 2 aromatic heterocycles. The van der Waals surface area contributed by atoms with E-state index in [9.17, 15) is 0 Å². The molecular weight excluding hydrogens is 336 g/mol. The van der Waals surface area contributed by atoms with Gasteiger partial charge in [0.1, 0.15) is 11.6 Å². The molecule has 0 amide bonds. The number of aromatic amines is 1. The summed E-state index contributed by atoms with van der Waals surface area (Å²) in [6, 6.07) is 0. The average molecular weight is 363 g/mol. The maximum absolute atomic E-state index is 5.80. The molecule has 1 saturated carbocycles. The molecule has 0 aliphatic heterocycles. The van der Waals surface area contributed by atoms with Gasteiger partial charge in [-0.15, -0.1) is 5.10 Å². The number of nitrogens with zero attached hydrogens (tertiary/aromatic N) is 6. The second-order valence-corrected chi connectivity index (χ2v) is 8.07. The number of rotatable bonds is 7. The van der Waals surface area contributed by atoms with Crippen LogP contribution < -0.4 is 10.6 Å². The Hall–Kier alpha value is -1.90. The van der Waals surface area contributed by atoms with Gasteiger partial charge in [0.15, 0.2) is 0 Å². The maximum atomic E-state index is 5.80. The molecule has 0 bridgehead atoms. The zero-order valence-electron chi connectivity index (χ0n) is 15.1. The second-order valence-electron chi connectivity index (χ2n) is 6.76. The number of aryl methyl sites for hydroxylation is 1. The Morgan fingerprint density at radius 2 is 1.96 bits per heavy atom. The van der Waals surface area contributed by atoms with Crippen molar-refractivity contribution in [3.63, 3.8) is 0 Å². The summed E-state index contributed by atoms with van der Waals surface area (Å²) in [4.78, 5) is 19.2. The van der Waals surface area contributed by atoms with Gasteiger partial charge in [0, 0.05) is 20.5 Å². The molecule has 0 aromatic carbocycles. The van der Waals surface area contributed by atoms with Crippen LogP contribution in [0, 0.1) is 5.92 Å². The van der Waals surface area contributed by atoms with Crippen LogP contribution in [0.2, 0.25) is 0 Å². The number of hydrogen-bond donors (Lipinski definition) is 2. The van der Waals surface area contributed by atoms with Gasteiger partial charge in [-0.05, 0) is 19.3 Å². The van der Waals surface area contributed by atoms with Crippen molar-refractivity contribution in [2.45, 2.75) is 55.9 Å². The smallest absolute Gasteiger partial charge is 0.229 e. The summed E-state index contributed by atoms with van der Waals surface area (Å²) in [5.41, 5.74) is 5.80. The second kappa shape index (κ2) is 7.99. The number of nitrogen functional groups attached to an aromatic ring is 1. The molecule has 3 N–H and O–H groups in total. The third kappa shape index (κ3) is 4.81. The van der Waals surface area contributed by atoms with Crippen LogP contribution in [0.25, 0.3) is 0 Å². The fourth-order valence-electron chi connectivity index (χ4n) is 3.07. The van der Waals surface area contributed by atoms with E-state index in [1.165, 1.54) is 43.9 Å². The van der Waals surface area contributed by atoms with E-state index in [4.69, 9.17) is 5.73 Å². The average Bonchev–Trinajstić information content (AvgIpc) is 3.23. The first-order valence-corrected chi connectivity index (χ1v) is 9.66. The van der Waals surface area contributed by atoms with Gasteiger partial charge >= 0.3 is 0 Å². The van der Waals surface area contributed by atoms with E-state index in [0.29, 0.717) is 11.8 Å². The highest BCUT2D eigenvalue weighted by atomic mass is 32.2. The maximum Gasteiger partial charge on any atom is 0.229 e. The number of hydrogen-bond acceptors (Lipinski definition) is 8. The number of thioether (sulfide) groups is 1. The van der Waals surface area contributed by atoms with E-state index in [0.717, 1.165) is 23.3 Å². The molecule has 2 aromatic rings. The summed E-state index contributed by atoms with van der Waals surface area (Å²) in [7, 11) is 3.75. The molecular formula is C16H26N8S. The molecule has 1 atom stereocenters. The first-order valence-electron chi connectivity index (χ1n) is 8.78. The molecule has 3 rings (SSSR count). The topological polar surface area (TPSA) is 110 Å². The van der Waals surface area contributed by atoms with Crippen molar-refractivity contribution in [3.05, 3.63) is 11.6 Å². The Kier molecular flexibility index (Phi) is 5.72. The zero-order valence-corrected chi connectivity index (χ0v) is 15.9. The molecule has 2 heterocycles. The summed E-state index contributed by atoms with van der Waals surface area (Å²) >= 11 is 1.52. The Balaban J connectivity index is 1.60. The Bertz CT molecular complexity index is 695. The lowest BCUT2D eigenvalue weighted by atomic mass is 10.0. The molecule has 136 valence electrons. The number of aromatic nitrogens is 6. The molecule has 1 aliphatic rings. The highest BCUT2D eigenvalue weighted by Crippen LogP contribution is 2.32. The van der Waals surface area contributed by atoms with Gasteiger partial charge in [-0.2, -0.15) is 15.0 Å². The predicted molar refractivity (Wildman–Crippen MR) is 99.5 cm³/mol. The van der Waals surface area contributed by atoms with Gasteiger partial charge in [-0.1, -0.05) is 37.4 Å². The van der Waals surface area contributed by atoms with Crippen molar-refractivity contribution in [1.29, 1.82) is 0 Å². The van der Waals surface area contributed by atoms with Gasteiger partial charge in [0.05, 0.1) is 5.25 Å². The molecule has 9 heteroatoms. The summed E-state index contributed by atoms with van der Waals surface area (Å²) in [6.07, 6.45) is 7.65. The summed E-state index contributed by atoms with van der Waals surface area (Å²) in [6.45, 7) is 2.02. The zero-order chi connectivity index (χ0) is 17.8. The summed E-state index contributed by atoms with van der Waals surface area (Å²) in [5.74, 6) is 3.25. The molecule has 0 saturated heterocycles. The van der Waals surface area contributed by atoms with Crippen LogP contribution in [0.1, 0.15) is 55.9 Å². The highest BCUT2D eigenvalue weighted by Gasteiger charge is 2.18. The van der Waals surface area contributed by atoms with Crippen LogP contribution in [0.5, 0.6) is 0 Å². The fourth-order valence-corrected chi connectivity index (χ4v) is 3.86. The van der Waals surface area contributed by atoms with Crippen molar-refractivity contribution in [1.82, 2.24) is 30.1 Å². The summed E-state index contributed by atoms with van der Waals surface area (Å²) < 4.78 is 0. The van der Waals surface area contributed by atoms with E-state index >= 15 is 0 Å². The van der Waals surface area contributed by atoms with Crippen molar-refractivity contribution >= 4 is 23.7 Å². The molecule has 0 spiro atoms. The SMILES string of the molecule is C[C@@H](Sc1n[nH]c(CCC2CCCC2)n1)c1nc(N)nc(N(C)C)n1. The first kappa shape index (κ1) is 17.9. The predicted octanol–water partition coefficient (Wildman–Crippen LogP) is 2.61. The Morgan fingerprint density at radius 3 is 2.68 bits per heavy atom.